The highest BCUT2D eigenvalue weighted by atomic mass is 32.2. The fourth-order valence-electron chi connectivity index (χ4n) is 1.99. The Balaban J connectivity index is 2.29. The third-order valence-corrected chi connectivity index (χ3v) is 5.15. The first-order valence-corrected chi connectivity index (χ1v) is 7.80. The van der Waals surface area contributed by atoms with E-state index in [-0.39, 0.29) is 10.6 Å². The predicted octanol–water partition coefficient (Wildman–Crippen LogP) is 0.706. The van der Waals surface area contributed by atoms with Crippen LogP contribution in [0.2, 0.25) is 0 Å². The SMILES string of the molecule is CNS(=O)(=O)c1cc(NC(=O)C2(C(=O)O)CC2)ccc1C. The molecule has 1 aliphatic carbocycles. The van der Waals surface area contributed by atoms with Gasteiger partial charge in [-0.2, -0.15) is 0 Å². The van der Waals surface area contributed by atoms with Crippen LogP contribution in [-0.2, 0) is 19.6 Å². The molecule has 0 bridgehead atoms. The number of carbonyl (C=O) groups is 2. The monoisotopic (exact) mass is 312 g/mol. The number of carboxylic acid groups (broad SMARTS) is 1. The minimum atomic E-state index is -3.64. The van der Waals surface area contributed by atoms with Gasteiger partial charge in [-0.05, 0) is 44.5 Å². The number of sulfonamides is 1. The lowest BCUT2D eigenvalue weighted by atomic mass is 10.1. The molecule has 2 rings (SSSR count). The van der Waals surface area contributed by atoms with Crippen molar-refractivity contribution in [3.63, 3.8) is 0 Å². The number of carboxylic acids is 1. The van der Waals surface area contributed by atoms with Gasteiger partial charge in [0.05, 0.1) is 4.90 Å². The second-order valence-electron chi connectivity index (χ2n) is 5.03. The van der Waals surface area contributed by atoms with E-state index in [0.29, 0.717) is 18.4 Å². The van der Waals surface area contributed by atoms with Crippen molar-refractivity contribution < 1.29 is 23.1 Å². The first-order valence-electron chi connectivity index (χ1n) is 6.32. The lowest BCUT2D eigenvalue weighted by molar-refractivity contribution is -0.147. The molecule has 1 aromatic rings. The van der Waals surface area contributed by atoms with E-state index in [1.54, 1.807) is 19.1 Å². The van der Waals surface area contributed by atoms with Crippen molar-refractivity contribution in [2.45, 2.75) is 24.7 Å². The van der Waals surface area contributed by atoms with Crippen molar-refractivity contribution in [1.82, 2.24) is 4.72 Å². The fourth-order valence-corrected chi connectivity index (χ4v) is 2.99. The molecule has 0 saturated heterocycles. The van der Waals surface area contributed by atoms with Gasteiger partial charge in [-0.1, -0.05) is 6.07 Å². The molecule has 1 aromatic carbocycles. The molecular formula is C13H16N2O5S. The Morgan fingerprint density at radius 3 is 2.38 bits per heavy atom. The maximum Gasteiger partial charge on any atom is 0.319 e. The number of anilines is 1. The van der Waals surface area contributed by atoms with Crippen LogP contribution in [0.5, 0.6) is 0 Å². The van der Waals surface area contributed by atoms with E-state index in [1.807, 2.05) is 0 Å². The zero-order chi connectivity index (χ0) is 15.8. The summed E-state index contributed by atoms with van der Waals surface area (Å²) in [6.07, 6.45) is 0.587. The summed E-state index contributed by atoms with van der Waals surface area (Å²) >= 11 is 0. The van der Waals surface area contributed by atoms with E-state index < -0.39 is 27.3 Å². The predicted molar refractivity (Wildman–Crippen MR) is 75.4 cm³/mol. The van der Waals surface area contributed by atoms with E-state index in [1.165, 1.54) is 13.1 Å². The maximum atomic E-state index is 12.0. The molecule has 1 amide bonds. The van der Waals surface area contributed by atoms with Crippen LogP contribution in [0.25, 0.3) is 0 Å². The second kappa shape index (κ2) is 5.12. The fraction of sp³-hybridized carbons (Fsp3) is 0.385. The van der Waals surface area contributed by atoms with Crippen LogP contribution in [0.1, 0.15) is 18.4 Å². The molecule has 7 nitrogen and oxygen atoms in total. The van der Waals surface area contributed by atoms with Crippen LogP contribution in [0.4, 0.5) is 5.69 Å². The molecule has 0 heterocycles. The van der Waals surface area contributed by atoms with Crippen molar-refractivity contribution in [1.29, 1.82) is 0 Å². The summed E-state index contributed by atoms with van der Waals surface area (Å²) in [6.45, 7) is 1.63. The quantitative estimate of drug-likeness (QED) is 0.693. The van der Waals surface area contributed by atoms with Gasteiger partial charge in [-0.25, -0.2) is 13.1 Å². The number of aliphatic carboxylic acids is 1. The Morgan fingerprint density at radius 2 is 1.90 bits per heavy atom. The Labute approximate surface area is 122 Å². The molecule has 0 spiro atoms. The minimum Gasteiger partial charge on any atom is -0.480 e. The Bertz CT molecular complexity index is 707. The molecule has 0 aliphatic heterocycles. The number of aryl methyl sites for hydroxylation is 1. The lowest BCUT2D eigenvalue weighted by Crippen LogP contribution is -2.31. The molecular weight excluding hydrogens is 296 g/mol. The molecule has 3 N–H and O–H groups in total. The highest BCUT2D eigenvalue weighted by Crippen LogP contribution is 2.46. The molecule has 114 valence electrons. The van der Waals surface area contributed by atoms with Gasteiger partial charge in [0.1, 0.15) is 5.41 Å². The van der Waals surface area contributed by atoms with Gasteiger partial charge in [0, 0.05) is 5.69 Å². The number of benzene rings is 1. The summed E-state index contributed by atoms with van der Waals surface area (Å²) < 4.78 is 25.9. The van der Waals surface area contributed by atoms with Gasteiger partial charge in [0.2, 0.25) is 15.9 Å². The summed E-state index contributed by atoms with van der Waals surface area (Å²) in [5.41, 5.74) is -0.582. The molecule has 1 fully saturated rings. The number of carbonyl (C=O) groups excluding carboxylic acids is 1. The van der Waals surface area contributed by atoms with Crippen molar-refractivity contribution in [2.24, 2.45) is 5.41 Å². The summed E-state index contributed by atoms with van der Waals surface area (Å²) in [5, 5.41) is 11.5. The average Bonchev–Trinajstić information content (AvgIpc) is 3.22. The van der Waals surface area contributed by atoms with Crippen LogP contribution in [0, 0.1) is 12.3 Å². The van der Waals surface area contributed by atoms with Crippen LogP contribution in [0.15, 0.2) is 23.1 Å². The van der Waals surface area contributed by atoms with Gasteiger partial charge in [-0.3, -0.25) is 9.59 Å². The summed E-state index contributed by atoms with van der Waals surface area (Å²) in [6, 6.07) is 4.41. The van der Waals surface area contributed by atoms with E-state index in [9.17, 15) is 18.0 Å². The number of rotatable bonds is 5. The van der Waals surface area contributed by atoms with E-state index in [0.717, 1.165) is 0 Å². The van der Waals surface area contributed by atoms with Crippen LogP contribution in [0.3, 0.4) is 0 Å². The smallest absolute Gasteiger partial charge is 0.319 e. The van der Waals surface area contributed by atoms with Crippen molar-refractivity contribution >= 4 is 27.6 Å². The highest BCUT2D eigenvalue weighted by molar-refractivity contribution is 7.89. The van der Waals surface area contributed by atoms with Gasteiger partial charge in [-0.15, -0.1) is 0 Å². The van der Waals surface area contributed by atoms with E-state index in [4.69, 9.17) is 5.11 Å². The summed E-state index contributed by atoms with van der Waals surface area (Å²) in [5.74, 6) is -1.78. The van der Waals surface area contributed by atoms with Gasteiger partial charge in [0.15, 0.2) is 0 Å². The van der Waals surface area contributed by atoms with Crippen molar-refractivity contribution in [3.8, 4) is 0 Å². The molecule has 0 aromatic heterocycles. The van der Waals surface area contributed by atoms with Crippen molar-refractivity contribution in [2.75, 3.05) is 12.4 Å². The molecule has 8 heteroatoms. The number of hydrogen-bond acceptors (Lipinski definition) is 4. The largest absolute Gasteiger partial charge is 0.480 e. The molecule has 0 radical (unpaired) electrons. The molecule has 1 saturated carbocycles. The van der Waals surface area contributed by atoms with Crippen LogP contribution >= 0.6 is 0 Å². The molecule has 0 atom stereocenters. The normalized spacial score (nSPS) is 16.3. The van der Waals surface area contributed by atoms with Crippen LogP contribution in [-0.4, -0.2) is 32.4 Å². The van der Waals surface area contributed by atoms with Gasteiger partial charge < -0.3 is 10.4 Å². The Morgan fingerprint density at radius 1 is 1.29 bits per heavy atom. The highest BCUT2D eigenvalue weighted by Gasteiger charge is 2.57. The Hall–Kier alpha value is -1.93. The lowest BCUT2D eigenvalue weighted by Gasteiger charge is -2.13. The zero-order valence-corrected chi connectivity index (χ0v) is 12.5. The first-order chi connectivity index (χ1) is 9.73. The van der Waals surface area contributed by atoms with E-state index >= 15 is 0 Å². The van der Waals surface area contributed by atoms with E-state index in [2.05, 4.69) is 10.0 Å². The summed E-state index contributed by atoms with van der Waals surface area (Å²) in [7, 11) is -2.35. The molecule has 21 heavy (non-hydrogen) atoms. The average molecular weight is 312 g/mol. The minimum absolute atomic E-state index is 0.0444. The van der Waals surface area contributed by atoms with Gasteiger partial charge in [0.25, 0.3) is 0 Å². The second-order valence-corrected chi connectivity index (χ2v) is 6.88. The third kappa shape index (κ3) is 2.77. The first kappa shape index (κ1) is 15.5. The Kier molecular flexibility index (Phi) is 3.77. The maximum absolute atomic E-state index is 12.0. The van der Waals surface area contributed by atoms with Gasteiger partial charge >= 0.3 is 5.97 Å². The molecule has 0 unspecified atom stereocenters. The van der Waals surface area contributed by atoms with Crippen molar-refractivity contribution in [3.05, 3.63) is 23.8 Å². The number of nitrogens with one attached hydrogen (secondary N) is 2. The third-order valence-electron chi connectivity index (χ3n) is 3.60. The summed E-state index contributed by atoms with van der Waals surface area (Å²) in [4.78, 5) is 23.1. The zero-order valence-electron chi connectivity index (χ0n) is 11.6. The number of hydrogen-bond donors (Lipinski definition) is 3. The van der Waals surface area contributed by atoms with Crippen LogP contribution < -0.4 is 10.0 Å². The molecule has 1 aliphatic rings. The number of amides is 1. The topological polar surface area (TPSA) is 113 Å². The standard InChI is InChI=1S/C13H16N2O5S/c1-8-3-4-9(7-10(8)21(19,20)14-2)15-11(16)13(5-6-13)12(17)18/h3-4,7,14H,5-6H2,1-2H3,(H,15,16)(H,17,18).